The van der Waals surface area contributed by atoms with Crippen molar-refractivity contribution in [3.63, 3.8) is 0 Å². The molecule has 0 fully saturated rings. The first kappa shape index (κ1) is 24.3. The van der Waals surface area contributed by atoms with Gasteiger partial charge in [0, 0.05) is 0 Å². The van der Waals surface area contributed by atoms with Crippen LogP contribution in [-0.4, -0.2) is 11.9 Å². The van der Waals surface area contributed by atoms with Gasteiger partial charge in [-0.2, -0.15) is 0 Å². The van der Waals surface area contributed by atoms with Crippen LogP contribution in [0.4, 0.5) is 0 Å². The molecule has 0 saturated heterocycles. The first-order valence-electron chi connectivity index (χ1n) is 2.95. The van der Waals surface area contributed by atoms with Crippen molar-refractivity contribution in [2.24, 2.45) is 0 Å². The van der Waals surface area contributed by atoms with Crippen LogP contribution >= 0.6 is 95.6 Å². The van der Waals surface area contributed by atoms with Gasteiger partial charge in [-0.05, 0) is 95.6 Å². The molecule has 0 saturated carbocycles. The van der Waals surface area contributed by atoms with Crippen molar-refractivity contribution in [3.05, 3.63) is 15.7 Å². The second kappa shape index (κ2) is 13.2. The van der Waals surface area contributed by atoms with E-state index in [1.165, 1.54) is 0 Å². The number of rotatable bonds is 2. The Kier molecular flexibility index (Phi) is 18.9. The molecule has 0 bridgehead atoms. The fraction of sp³-hybridized carbons (Fsp3) is 0. The van der Waals surface area contributed by atoms with E-state index in [-0.39, 0.29) is 36.3 Å². The van der Waals surface area contributed by atoms with E-state index in [9.17, 15) is 19.8 Å². The number of carbonyl (C=O) groups excluding carboxylic acids is 2. The van der Waals surface area contributed by atoms with Crippen molar-refractivity contribution in [1.82, 2.24) is 0 Å². The van der Waals surface area contributed by atoms with Gasteiger partial charge >= 0.3 is 27.3 Å². The topological polar surface area (TPSA) is 80.3 Å². The average Bonchev–Trinajstić information content (AvgIpc) is 2.15. The minimum atomic E-state index is -1.26. The zero-order chi connectivity index (χ0) is 13.5. The van der Waals surface area contributed by atoms with Crippen molar-refractivity contribution < 1.29 is 47.1 Å². The Hall–Kier alpha value is 2.22. The van der Waals surface area contributed by atoms with E-state index in [4.69, 9.17) is 0 Å². The quantitative estimate of drug-likeness (QED) is 0.323. The summed E-state index contributed by atoms with van der Waals surface area (Å²) in [5.41, 5.74) is 0. The summed E-state index contributed by atoms with van der Waals surface area (Å²) in [4.78, 5) is 19.7. The van der Waals surface area contributed by atoms with E-state index < -0.39 is 11.9 Å². The third kappa shape index (κ3) is 14.4. The first-order valence-corrected chi connectivity index (χ1v) is 7.71. The molecule has 0 aliphatic carbocycles. The smallest absolute Gasteiger partial charge is 0.544 e. The summed E-state index contributed by atoms with van der Waals surface area (Å²) in [5.74, 6) is -2.51. The maximum absolute atomic E-state index is 9.86. The predicted molar refractivity (Wildman–Crippen MR) is 77.6 cm³/mol. The SMILES string of the molecule is O=C([O-])C(Br)=C(Br)Br.O=C([O-])C(Br)=C(Br)Br.[Cd+2]. The zero-order valence-corrected chi connectivity index (χ0v) is 21.2. The summed E-state index contributed by atoms with van der Waals surface area (Å²) in [6, 6.07) is 0. The van der Waals surface area contributed by atoms with Gasteiger partial charge in [0.05, 0.1) is 27.7 Å². The predicted octanol–water partition coefficient (Wildman–Crippen LogP) is 2.18. The minimum Gasteiger partial charge on any atom is -0.544 e. The molecule has 92 valence electrons. The maximum Gasteiger partial charge on any atom is 2.00 e. The van der Waals surface area contributed by atoms with Crippen molar-refractivity contribution in [1.29, 1.82) is 0 Å². The van der Waals surface area contributed by atoms with Crippen LogP contribution < -0.4 is 10.2 Å². The van der Waals surface area contributed by atoms with Gasteiger partial charge in [0.25, 0.3) is 0 Å². The molecule has 0 heterocycles. The molecular formula is C6Br6CdO4. The van der Waals surface area contributed by atoms with Gasteiger partial charge in [0.2, 0.25) is 0 Å². The molecule has 0 aromatic heterocycles. The van der Waals surface area contributed by atoms with Gasteiger partial charge in [0.15, 0.2) is 0 Å². The monoisotopic (exact) mass is 723 g/mol. The van der Waals surface area contributed by atoms with Crippen molar-refractivity contribution in [3.8, 4) is 0 Å². The maximum atomic E-state index is 9.86. The molecule has 0 unspecified atom stereocenters. The Balaban J connectivity index is -0.000000218. The van der Waals surface area contributed by atoms with Crippen LogP contribution in [0.5, 0.6) is 0 Å². The molecule has 0 aliphatic heterocycles. The standard InChI is InChI=1S/2C3HBr3O2.Cd/c2*4-1(2(5)6)3(7)8;/h2*(H,7,8);/q;;+2/p-2. The number of carboxylic acids is 2. The molecule has 0 atom stereocenters. The number of halogens is 6. The molecule has 0 aliphatic rings. The molecule has 0 N–H and O–H groups in total. The van der Waals surface area contributed by atoms with Crippen molar-refractivity contribution >= 4 is 108 Å². The number of carboxylic acid groups (broad SMARTS) is 2. The van der Waals surface area contributed by atoms with Gasteiger partial charge in [-0.25, -0.2) is 0 Å². The van der Waals surface area contributed by atoms with E-state index in [0.717, 1.165) is 0 Å². The third-order valence-corrected chi connectivity index (χ3v) is 5.85. The largest absolute Gasteiger partial charge is 2.00 e. The van der Waals surface area contributed by atoms with E-state index in [1.54, 1.807) is 0 Å². The van der Waals surface area contributed by atoms with Crippen LogP contribution in [0.1, 0.15) is 0 Å². The van der Waals surface area contributed by atoms with Crippen LogP contribution in [0.15, 0.2) is 15.7 Å². The Morgan fingerprint density at radius 1 is 0.647 bits per heavy atom. The number of aliphatic carboxylic acids is 2. The van der Waals surface area contributed by atoms with E-state index in [0.29, 0.717) is 6.78 Å². The summed E-state index contributed by atoms with van der Waals surface area (Å²) in [7, 11) is 0. The van der Waals surface area contributed by atoms with E-state index in [1.807, 2.05) is 0 Å². The molecule has 4 nitrogen and oxygen atoms in total. The average molecular weight is 728 g/mol. The van der Waals surface area contributed by atoms with Gasteiger partial charge in [0.1, 0.15) is 0 Å². The molecule has 0 amide bonds. The van der Waals surface area contributed by atoms with Crippen molar-refractivity contribution in [2.75, 3.05) is 0 Å². The van der Waals surface area contributed by atoms with Gasteiger partial charge in [-0.3, -0.25) is 0 Å². The van der Waals surface area contributed by atoms with Crippen LogP contribution in [-0.2, 0) is 36.9 Å². The Bertz CT molecular complexity index is 310. The first-order chi connectivity index (χ1) is 7.11. The Morgan fingerprint density at radius 3 is 0.824 bits per heavy atom. The van der Waals surface area contributed by atoms with Crippen molar-refractivity contribution in [2.45, 2.75) is 0 Å². The van der Waals surface area contributed by atoms with Gasteiger partial charge in [-0.15, -0.1) is 0 Å². The van der Waals surface area contributed by atoms with E-state index >= 15 is 0 Å². The molecule has 17 heavy (non-hydrogen) atoms. The van der Waals surface area contributed by atoms with Crippen LogP contribution in [0, 0.1) is 0 Å². The second-order valence-corrected chi connectivity index (χ2v) is 8.61. The number of hydrogen-bond acceptors (Lipinski definition) is 4. The minimum absolute atomic E-state index is 0. The molecule has 0 radical (unpaired) electrons. The Morgan fingerprint density at radius 2 is 0.824 bits per heavy atom. The number of hydrogen-bond donors (Lipinski definition) is 0. The summed E-state index contributed by atoms with van der Waals surface area (Å²) in [6.07, 6.45) is 0. The molecule has 0 spiro atoms. The molecule has 0 rings (SSSR count). The van der Waals surface area contributed by atoms with Crippen LogP contribution in [0.2, 0.25) is 0 Å². The Labute approximate surface area is 168 Å². The molecule has 0 aromatic carbocycles. The second-order valence-electron chi connectivity index (χ2n) is 1.72. The summed E-state index contributed by atoms with van der Waals surface area (Å²) in [5, 5.41) is 19.7. The van der Waals surface area contributed by atoms with Gasteiger partial charge in [-0.1, -0.05) is 0 Å². The molecule has 0 aromatic rings. The third-order valence-electron chi connectivity index (χ3n) is 0.690. The zero-order valence-electron chi connectivity index (χ0n) is 7.61. The number of carbonyl (C=O) groups is 2. The summed E-state index contributed by atoms with van der Waals surface area (Å²) < 4.78 is 0.616. The molecular weight excluding hydrogens is 728 g/mol. The van der Waals surface area contributed by atoms with Gasteiger partial charge < -0.3 is 19.8 Å². The van der Waals surface area contributed by atoms with Crippen LogP contribution in [0.25, 0.3) is 0 Å². The summed E-state index contributed by atoms with van der Waals surface area (Å²) >= 11 is 16.9. The fourth-order valence-electron chi connectivity index (χ4n) is 0.154. The fourth-order valence-corrected chi connectivity index (χ4v) is 0.802. The normalized spacial score (nSPS) is 7.88. The molecule has 11 heteroatoms. The van der Waals surface area contributed by atoms with E-state index in [2.05, 4.69) is 95.6 Å². The summed E-state index contributed by atoms with van der Waals surface area (Å²) in [6.45, 7) is 0. The van der Waals surface area contributed by atoms with Crippen LogP contribution in [0.3, 0.4) is 0 Å².